The molecule has 2 atom stereocenters. The van der Waals surface area contributed by atoms with Gasteiger partial charge < -0.3 is 9.80 Å². The molecule has 0 radical (unpaired) electrons. The number of anilines is 1. The lowest BCUT2D eigenvalue weighted by molar-refractivity contribution is -0.137. The minimum Gasteiger partial charge on any atom is -0.340 e. The van der Waals surface area contributed by atoms with Crippen LogP contribution >= 0.6 is 0 Å². The fourth-order valence-electron chi connectivity index (χ4n) is 3.94. The fourth-order valence-corrected chi connectivity index (χ4v) is 3.94. The summed E-state index contributed by atoms with van der Waals surface area (Å²) in [7, 11) is 0. The van der Waals surface area contributed by atoms with Crippen molar-refractivity contribution in [3.8, 4) is 0 Å². The highest BCUT2D eigenvalue weighted by atomic mass is 16.2. The van der Waals surface area contributed by atoms with Crippen molar-refractivity contribution in [1.82, 2.24) is 24.6 Å². The topological polar surface area (TPSA) is 67.2 Å². The highest BCUT2D eigenvalue weighted by Gasteiger charge is 2.33. The number of carbonyl (C=O) groups excluding carboxylic acids is 1. The van der Waals surface area contributed by atoms with Gasteiger partial charge in [-0.2, -0.15) is 5.10 Å². The van der Waals surface area contributed by atoms with Crippen LogP contribution in [0.4, 0.5) is 5.95 Å². The van der Waals surface area contributed by atoms with E-state index in [1.54, 1.807) is 18.6 Å². The third-order valence-corrected chi connectivity index (χ3v) is 5.21. The van der Waals surface area contributed by atoms with Gasteiger partial charge in [0.2, 0.25) is 11.9 Å². The number of hydrogen-bond acceptors (Lipinski definition) is 5. The van der Waals surface area contributed by atoms with Gasteiger partial charge in [-0.05, 0) is 37.8 Å². The predicted molar refractivity (Wildman–Crippen MR) is 94.0 cm³/mol. The lowest BCUT2D eigenvalue weighted by Crippen LogP contribution is -2.48. The Balaban J connectivity index is 1.41. The van der Waals surface area contributed by atoms with E-state index in [0.29, 0.717) is 12.6 Å². The molecule has 2 aromatic rings. The first-order chi connectivity index (χ1) is 12.3. The Bertz CT molecular complexity index is 689. The van der Waals surface area contributed by atoms with Crippen LogP contribution in [0.1, 0.15) is 31.7 Å². The zero-order valence-electron chi connectivity index (χ0n) is 14.4. The standard InChI is InChI=1S/C18H24N6O/c25-17(22-10-2-6-16(14-22)24-12-4-9-21-24)15-5-1-11-23(13-15)18-19-7-3-8-20-18/h3-4,7-9,12,15-16H,1-2,5-6,10-11,13-14H2/t15-,16-/m1/s1. The molecule has 1 amide bonds. The van der Waals surface area contributed by atoms with Gasteiger partial charge in [-0.3, -0.25) is 9.48 Å². The van der Waals surface area contributed by atoms with E-state index in [2.05, 4.69) is 20.0 Å². The van der Waals surface area contributed by atoms with E-state index in [0.717, 1.165) is 51.3 Å². The first-order valence-electron chi connectivity index (χ1n) is 9.11. The van der Waals surface area contributed by atoms with Gasteiger partial charge in [0.25, 0.3) is 0 Å². The molecule has 2 aliphatic rings. The highest BCUT2D eigenvalue weighted by molar-refractivity contribution is 5.79. The number of nitrogens with zero attached hydrogens (tertiary/aromatic N) is 6. The largest absolute Gasteiger partial charge is 0.340 e. The Morgan fingerprint density at radius 2 is 1.84 bits per heavy atom. The van der Waals surface area contributed by atoms with Crippen LogP contribution < -0.4 is 4.90 Å². The van der Waals surface area contributed by atoms with Gasteiger partial charge in [-0.25, -0.2) is 9.97 Å². The fraction of sp³-hybridized carbons (Fsp3) is 0.556. The highest BCUT2D eigenvalue weighted by Crippen LogP contribution is 2.26. The molecule has 132 valence electrons. The van der Waals surface area contributed by atoms with E-state index in [9.17, 15) is 4.79 Å². The van der Waals surface area contributed by atoms with Crippen molar-refractivity contribution < 1.29 is 4.79 Å². The maximum Gasteiger partial charge on any atom is 0.227 e. The maximum absolute atomic E-state index is 13.1. The van der Waals surface area contributed by atoms with Gasteiger partial charge in [0, 0.05) is 51.0 Å². The van der Waals surface area contributed by atoms with E-state index in [4.69, 9.17) is 0 Å². The van der Waals surface area contributed by atoms with Gasteiger partial charge in [0.1, 0.15) is 0 Å². The van der Waals surface area contributed by atoms with Crippen LogP contribution in [0.5, 0.6) is 0 Å². The second-order valence-corrected chi connectivity index (χ2v) is 6.90. The van der Waals surface area contributed by atoms with Crippen LogP contribution in [0.2, 0.25) is 0 Å². The van der Waals surface area contributed by atoms with Crippen molar-refractivity contribution >= 4 is 11.9 Å². The summed E-state index contributed by atoms with van der Waals surface area (Å²) in [6.07, 6.45) is 11.4. The van der Waals surface area contributed by atoms with Crippen LogP contribution in [-0.4, -0.2) is 56.7 Å². The summed E-state index contributed by atoms with van der Waals surface area (Å²) in [5.41, 5.74) is 0. The summed E-state index contributed by atoms with van der Waals surface area (Å²) in [5, 5.41) is 4.35. The molecule has 0 unspecified atom stereocenters. The lowest BCUT2D eigenvalue weighted by Gasteiger charge is -2.38. The summed E-state index contributed by atoms with van der Waals surface area (Å²) in [5.74, 6) is 1.04. The van der Waals surface area contributed by atoms with Crippen molar-refractivity contribution in [2.45, 2.75) is 31.7 Å². The Morgan fingerprint density at radius 1 is 1.00 bits per heavy atom. The van der Waals surface area contributed by atoms with Crippen molar-refractivity contribution in [2.24, 2.45) is 5.92 Å². The third kappa shape index (κ3) is 3.50. The molecule has 0 bridgehead atoms. The molecule has 2 aromatic heterocycles. The summed E-state index contributed by atoms with van der Waals surface area (Å²) >= 11 is 0. The van der Waals surface area contributed by atoms with Gasteiger partial charge >= 0.3 is 0 Å². The number of hydrogen-bond donors (Lipinski definition) is 0. The molecule has 2 fully saturated rings. The summed E-state index contributed by atoms with van der Waals surface area (Å²) < 4.78 is 1.99. The van der Waals surface area contributed by atoms with Crippen LogP contribution in [-0.2, 0) is 4.79 Å². The molecular weight excluding hydrogens is 316 g/mol. The SMILES string of the molecule is O=C([C@@H]1CCCN(c2ncccn2)C1)N1CCC[C@@H](n2cccn2)C1. The van der Waals surface area contributed by atoms with Gasteiger partial charge in [0.15, 0.2) is 0 Å². The van der Waals surface area contributed by atoms with Gasteiger partial charge in [0.05, 0.1) is 12.0 Å². The summed E-state index contributed by atoms with van der Waals surface area (Å²) in [6.45, 7) is 3.25. The van der Waals surface area contributed by atoms with Crippen molar-refractivity contribution in [3.63, 3.8) is 0 Å². The molecule has 0 N–H and O–H groups in total. The monoisotopic (exact) mass is 340 g/mol. The molecule has 0 spiro atoms. The molecule has 0 saturated carbocycles. The van der Waals surface area contributed by atoms with Gasteiger partial charge in [-0.1, -0.05) is 0 Å². The molecule has 25 heavy (non-hydrogen) atoms. The molecule has 7 nitrogen and oxygen atoms in total. The van der Waals surface area contributed by atoms with Crippen LogP contribution in [0.3, 0.4) is 0 Å². The Morgan fingerprint density at radius 3 is 2.64 bits per heavy atom. The van der Waals surface area contributed by atoms with Crippen LogP contribution in [0.15, 0.2) is 36.9 Å². The molecular formula is C18H24N6O. The van der Waals surface area contributed by atoms with E-state index in [1.807, 2.05) is 27.9 Å². The second kappa shape index (κ2) is 7.21. The molecule has 4 heterocycles. The van der Waals surface area contributed by atoms with E-state index in [-0.39, 0.29) is 11.8 Å². The second-order valence-electron chi connectivity index (χ2n) is 6.90. The van der Waals surface area contributed by atoms with Crippen molar-refractivity contribution in [3.05, 3.63) is 36.9 Å². The number of likely N-dealkylation sites (tertiary alicyclic amines) is 1. The minimum absolute atomic E-state index is 0.0360. The zero-order valence-corrected chi connectivity index (χ0v) is 14.4. The molecule has 2 aliphatic heterocycles. The van der Waals surface area contributed by atoms with Crippen molar-refractivity contribution in [1.29, 1.82) is 0 Å². The Labute approximate surface area is 147 Å². The normalized spacial score (nSPS) is 24.3. The van der Waals surface area contributed by atoms with E-state index < -0.39 is 0 Å². The summed E-state index contributed by atoms with van der Waals surface area (Å²) in [6, 6.07) is 4.06. The molecule has 2 saturated heterocycles. The van der Waals surface area contributed by atoms with E-state index in [1.165, 1.54) is 0 Å². The lowest BCUT2D eigenvalue weighted by atomic mass is 9.95. The predicted octanol–water partition coefficient (Wildman–Crippen LogP) is 1.75. The Hall–Kier alpha value is -2.44. The van der Waals surface area contributed by atoms with Crippen LogP contribution in [0.25, 0.3) is 0 Å². The molecule has 0 aromatic carbocycles. The summed E-state index contributed by atoms with van der Waals surface area (Å²) in [4.78, 5) is 25.9. The molecule has 7 heteroatoms. The zero-order chi connectivity index (χ0) is 17.1. The number of aromatic nitrogens is 4. The molecule has 0 aliphatic carbocycles. The number of rotatable bonds is 3. The smallest absolute Gasteiger partial charge is 0.227 e. The average Bonchev–Trinajstić information content (AvgIpc) is 3.23. The van der Waals surface area contributed by atoms with Gasteiger partial charge in [-0.15, -0.1) is 0 Å². The molecule has 4 rings (SSSR count). The first-order valence-corrected chi connectivity index (χ1v) is 9.11. The number of carbonyl (C=O) groups is 1. The minimum atomic E-state index is 0.0360. The van der Waals surface area contributed by atoms with E-state index >= 15 is 0 Å². The maximum atomic E-state index is 13.1. The quantitative estimate of drug-likeness (QED) is 0.852. The third-order valence-electron chi connectivity index (χ3n) is 5.21. The van der Waals surface area contributed by atoms with Crippen LogP contribution in [0, 0.1) is 5.92 Å². The average molecular weight is 340 g/mol. The van der Waals surface area contributed by atoms with Crippen molar-refractivity contribution in [2.75, 3.05) is 31.1 Å². The Kier molecular flexibility index (Phi) is 4.63. The number of amides is 1. The number of piperidine rings is 2. The first kappa shape index (κ1) is 16.1.